The van der Waals surface area contributed by atoms with Gasteiger partial charge in [0.05, 0.1) is 4.90 Å². The van der Waals surface area contributed by atoms with E-state index in [0.29, 0.717) is 6.42 Å². The fraction of sp³-hybridized carbons (Fsp3) is 0.562. The molecule has 0 amide bonds. The van der Waals surface area contributed by atoms with Crippen molar-refractivity contribution in [1.29, 1.82) is 0 Å². The zero-order chi connectivity index (χ0) is 15.9. The Balaban J connectivity index is 2.58. The Bertz CT molecular complexity index is 546. The molecule has 1 aromatic rings. The first-order chi connectivity index (χ1) is 9.86. The SMILES string of the molecule is CCCCCCC(=O)C(C)OS(=O)(=O)c1ccc(C)cc1. The molecule has 0 saturated heterocycles. The largest absolute Gasteiger partial charge is 0.297 e. The van der Waals surface area contributed by atoms with Crippen molar-refractivity contribution in [2.24, 2.45) is 0 Å². The first-order valence-electron chi connectivity index (χ1n) is 7.39. The Morgan fingerprint density at radius 1 is 1.14 bits per heavy atom. The van der Waals surface area contributed by atoms with E-state index in [4.69, 9.17) is 4.18 Å². The minimum Gasteiger partial charge on any atom is -0.297 e. The van der Waals surface area contributed by atoms with Crippen LogP contribution in [0, 0.1) is 6.92 Å². The fourth-order valence-electron chi connectivity index (χ4n) is 1.93. The van der Waals surface area contributed by atoms with Gasteiger partial charge in [0.15, 0.2) is 5.78 Å². The topological polar surface area (TPSA) is 60.4 Å². The van der Waals surface area contributed by atoms with Crippen LogP contribution >= 0.6 is 0 Å². The molecular weight excluding hydrogens is 288 g/mol. The number of ketones is 1. The number of Topliss-reactive ketones (excluding diaryl/α,β-unsaturated/α-hetero) is 1. The van der Waals surface area contributed by atoms with E-state index in [1.54, 1.807) is 12.1 Å². The summed E-state index contributed by atoms with van der Waals surface area (Å²) < 4.78 is 29.1. The van der Waals surface area contributed by atoms with Gasteiger partial charge in [-0.25, -0.2) is 0 Å². The standard InChI is InChI=1S/C16H24O4S/c1-4-5-6-7-8-16(17)14(3)20-21(18,19)15-11-9-13(2)10-12-15/h9-12,14H,4-8H2,1-3H3. The molecule has 0 aliphatic rings. The van der Waals surface area contributed by atoms with Crippen molar-refractivity contribution < 1.29 is 17.4 Å². The van der Waals surface area contributed by atoms with Gasteiger partial charge in [0, 0.05) is 6.42 Å². The summed E-state index contributed by atoms with van der Waals surface area (Å²) >= 11 is 0. The van der Waals surface area contributed by atoms with Gasteiger partial charge < -0.3 is 0 Å². The van der Waals surface area contributed by atoms with Gasteiger partial charge in [-0.3, -0.25) is 8.98 Å². The predicted octanol–water partition coefficient (Wildman–Crippen LogP) is 3.63. The van der Waals surface area contributed by atoms with Gasteiger partial charge in [0.25, 0.3) is 10.1 Å². The summed E-state index contributed by atoms with van der Waals surface area (Å²) in [6.07, 6.45) is 3.39. The van der Waals surface area contributed by atoms with E-state index < -0.39 is 16.2 Å². The van der Waals surface area contributed by atoms with Crippen LogP contribution in [0.25, 0.3) is 0 Å². The first kappa shape index (κ1) is 17.9. The number of carbonyl (C=O) groups is 1. The smallest absolute Gasteiger partial charge is 0.297 e. The molecule has 1 atom stereocenters. The molecule has 0 radical (unpaired) electrons. The molecule has 1 aromatic carbocycles. The van der Waals surface area contributed by atoms with Gasteiger partial charge in [-0.1, -0.05) is 43.9 Å². The van der Waals surface area contributed by atoms with Crippen molar-refractivity contribution in [3.05, 3.63) is 29.8 Å². The van der Waals surface area contributed by atoms with Crippen LogP contribution in [-0.4, -0.2) is 20.3 Å². The lowest BCUT2D eigenvalue weighted by Crippen LogP contribution is -2.24. The van der Waals surface area contributed by atoms with Crippen molar-refractivity contribution in [3.8, 4) is 0 Å². The molecule has 0 bridgehead atoms. The van der Waals surface area contributed by atoms with Crippen molar-refractivity contribution in [2.45, 2.75) is 63.9 Å². The molecule has 118 valence electrons. The summed E-state index contributed by atoms with van der Waals surface area (Å²) in [5, 5.41) is 0. The molecule has 1 rings (SSSR count). The Morgan fingerprint density at radius 2 is 1.76 bits per heavy atom. The van der Waals surface area contributed by atoms with E-state index in [0.717, 1.165) is 31.2 Å². The van der Waals surface area contributed by atoms with Gasteiger partial charge in [0.2, 0.25) is 0 Å². The van der Waals surface area contributed by atoms with E-state index in [2.05, 4.69) is 6.92 Å². The summed E-state index contributed by atoms with van der Waals surface area (Å²) in [5.41, 5.74) is 0.967. The molecule has 0 N–H and O–H groups in total. The maximum atomic E-state index is 12.1. The molecule has 0 heterocycles. The predicted molar refractivity (Wildman–Crippen MR) is 82.7 cm³/mol. The molecular formula is C16H24O4S. The van der Waals surface area contributed by atoms with Crippen LogP contribution in [0.5, 0.6) is 0 Å². The second-order valence-electron chi connectivity index (χ2n) is 5.28. The number of rotatable bonds is 9. The number of aryl methyl sites for hydroxylation is 1. The number of carbonyl (C=O) groups excluding carboxylic acids is 1. The van der Waals surface area contributed by atoms with Gasteiger partial charge >= 0.3 is 0 Å². The molecule has 21 heavy (non-hydrogen) atoms. The summed E-state index contributed by atoms with van der Waals surface area (Å²) in [6, 6.07) is 6.38. The molecule has 0 fully saturated rings. The molecule has 5 heteroatoms. The van der Waals surface area contributed by atoms with Gasteiger partial charge in [-0.15, -0.1) is 0 Å². The zero-order valence-electron chi connectivity index (χ0n) is 13.0. The second-order valence-corrected chi connectivity index (χ2v) is 6.85. The number of hydrogen-bond acceptors (Lipinski definition) is 4. The van der Waals surface area contributed by atoms with E-state index in [1.807, 2.05) is 6.92 Å². The van der Waals surface area contributed by atoms with Gasteiger partial charge in [0.1, 0.15) is 6.10 Å². The lowest BCUT2D eigenvalue weighted by atomic mass is 10.1. The van der Waals surface area contributed by atoms with Gasteiger partial charge in [-0.2, -0.15) is 8.42 Å². The lowest BCUT2D eigenvalue weighted by molar-refractivity contribution is -0.125. The molecule has 1 unspecified atom stereocenters. The van der Waals surface area contributed by atoms with Crippen LogP contribution in [0.4, 0.5) is 0 Å². The minimum atomic E-state index is -3.88. The van der Waals surface area contributed by atoms with Crippen LogP contribution in [0.3, 0.4) is 0 Å². The summed E-state index contributed by atoms with van der Waals surface area (Å²) in [4.78, 5) is 12.0. The first-order valence-corrected chi connectivity index (χ1v) is 8.80. The number of unbranched alkanes of at least 4 members (excludes halogenated alkanes) is 3. The Kier molecular flexibility index (Phi) is 7.05. The summed E-state index contributed by atoms with van der Waals surface area (Å²) in [6.45, 7) is 5.47. The highest BCUT2D eigenvalue weighted by atomic mass is 32.2. The monoisotopic (exact) mass is 312 g/mol. The van der Waals surface area contributed by atoms with E-state index >= 15 is 0 Å². The maximum absolute atomic E-state index is 12.1. The van der Waals surface area contributed by atoms with E-state index in [9.17, 15) is 13.2 Å². The highest BCUT2D eigenvalue weighted by Gasteiger charge is 2.23. The van der Waals surface area contributed by atoms with Crippen molar-refractivity contribution >= 4 is 15.9 Å². The third-order valence-electron chi connectivity index (χ3n) is 3.31. The van der Waals surface area contributed by atoms with Crippen molar-refractivity contribution in [1.82, 2.24) is 0 Å². The third kappa shape index (κ3) is 5.98. The van der Waals surface area contributed by atoms with Gasteiger partial charge in [-0.05, 0) is 32.4 Å². The highest BCUT2D eigenvalue weighted by Crippen LogP contribution is 2.16. The fourth-order valence-corrected chi connectivity index (χ4v) is 3.00. The molecule has 0 aliphatic carbocycles. The zero-order valence-corrected chi connectivity index (χ0v) is 13.8. The Labute approximate surface area is 127 Å². The normalized spacial score (nSPS) is 13.1. The van der Waals surface area contributed by atoms with Crippen molar-refractivity contribution in [2.75, 3.05) is 0 Å². The quantitative estimate of drug-likeness (QED) is 0.516. The molecule has 0 saturated carbocycles. The van der Waals surface area contributed by atoms with E-state index in [-0.39, 0.29) is 10.7 Å². The Hall–Kier alpha value is -1.20. The average Bonchev–Trinajstić information content (AvgIpc) is 2.43. The maximum Gasteiger partial charge on any atom is 0.297 e. The third-order valence-corrected chi connectivity index (χ3v) is 4.70. The molecule has 4 nitrogen and oxygen atoms in total. The van der Waals surface area contributed by atoms with Crippen LogP contribution in [0.1, 0.15) is 51.5 Å². The second kappa shape index (κ2) is 8.29. The molecule has 0 aliphatic heterocycles. The molecule has 0 aromatic heterocycles. The summed E-state index contributed by atoms with van der Waals surface area (Å²) in [7, 11) is -3.88. The van der Waals surface area contributed by atoms with Crippen LogP contribution in [-0.2, 0) is 19.1 Å². The molecule has 0 spiro atoms. The van der Waals surface area contributed by atoms with Crippen molar-refractivity contribution in [3.63, 3.8) is 0 Å². The van der Waals surface area contributed by atoms with E-state index in [1.165, 1.54) is 19.1 Å². The van der Waals surface area contributed by atoms with Crippen LogP contribution in [0.2, 0.25) is 0 Å². The Morgan fingerprint density at radius 3 is 2.33 bits per heavy atom. The highest BCUT2D eigenvalue weighted by molar-refractivity contribution is 7.86. The van der Waals surface area contributed by atoms with Crippen LogP contribution < -0.4 is 0 Å². The number of hydrogen-bond donors (Lipinski definition) is 0. The lowest BCUT2D eigenvalue weighted by Gasteiger charge is -2.12. The van der Waals surface area contributed by atoms with Crippen LogP contribution in [0.15, 0.2) is 29.2 Å². The average molecular weight is 312 g/mol. The summed E-state index contributed by atoms with van der Waals surface area (Å²) in [5.74, 6) is -0.165. The minimum absolute atomic E-state index is 0.0822. The number of benzene rings is 1.